The van der Waals surface area contributed by atoms with E-state index in [0.717, 1.165) is 6.07 Å². The summed E-state index contributed by atoms with van der Waals surface area (Å²) in [4.78, 5) is 22.7. The molecule has 0 saturated heterocycles. The molecule has 0 aliphatic heterocycles. The standard InChI is InChI=1S/C13H15ClF2N2O3/c1-6(2)3-10(12(19)20)17-13(21)18-11-8(14)4-7(15)5-9(11)16/h4-6,10H,3H2,1-2H3,(H,19,20)(H2,17,18,21). The van der Waals surface area contributed by atoms with Crippen molar-refractivity contribution in [1.29, 1.82) is 0 Å². The summed E-state index contributed by atoms with van der Waals surface area (Å²) in [6.07, 6.45) is 0.211. The first kappa shape index (κ1) is 17.2. The van der Waals surface area contributed by atoms with Crippen molar-refractivity contribution in [3.63, 3.8) is 0 Å². The zero-order chi connectivity index (χ0) is 16.2. The first-order chi connectivity index (χ1) is 9.70. The molecule has 0 saturated carbocycles. The van der Waals surface area contributed by atoms with Crippen molar-refractivity contribution in [2.45, 2.75) is 26.3 Å². The van der Waals surface area contributed by atoms with Crippen LogP contribution in [0.2, 0.25) is 5.02 Å². The van der Waals surface area contributed by atoms with E-state index in [0.29, 0.717) is 6.07 Å². The summed E-state index contributed by atoms with van der Waals surface area (Å²) >= 11 is 5.62. The molecule has 1 atom stereocenters. The first-order valence-corrected chi connectivity index (χ1v) is 6.53. The average molecular weight is 321 g/mol. The molecule has 0 aromatic heterocycles. The van der Waals surface area contributed by atoms with Crippen LogP contribution in [-0.4, -0.2) is 23.1 Å². The van der Waals surface area contributed by atoms with E-state index in [1.807, 2.05) is 0 Å². The maximum Gasteiger partial charge on any atom is 0.326 e. The number of hydrogen-bond donors (Lipinski definition) is 3. The SMILES string of the molecule is CC(C)CC(NC(=O)Nc1c(F)cc(F)cc1Cl)C(=O)O. The van der Waals surface area contributed by atoms with Gasteiger partial charge in [-0.15, -0.1) is 0 Å². The number of rotatable bonds is 5. The zero-order valence-corrected chi connectivity index (χ0v) is 12.2. The minimum Gasteiger partial charge on any atom is -0.480 e. The molecule has 3 N–H and O–H groups in total. The van der Waals surface area contributed by atoms with Crippen LogP contribution in [0.4, 0.5) is 19.3 Å². The first-order valence-electron chi connectivity index (χ1n) is 6.15. The van der Waals surface area contributed by atoms with Crippen molar-refractivity contribution >= 4 is 29.3 Å². The Morgan fingerprint density at radius 1 is 1.33 bits per heavy atom. The summed E-state index contributed by atoms with van der Waals surface area (Å²) in [5.41, 5.74) is -0.413. The fraction of sp³-hybridized carbons (Fsp3) is 0.385. The Morgan fingerprint density at radius 3 is 2.43 bits per heavy atom. The smallest absolute Gasteiger partial charge is 0.326 e. The number of amides is 2. The van der Waals surface area contributed by atoms with Crippen molar-refractivity contribution in [3.8, 4) is 0 Å². The minimum atomic E-state index is -1.20. The normalized spacial score (nSPS) is 12.1. The van der Waals surface area contributed by atoms with Gasteiger partial charge in [-0.25, -0.2) is 18.4 Å². The van der Waals surface area contributed by atoms with Crippen LogP contribution < -0.4 is 10.6 Å². The molecule has 1 unspecified atom stereocenters. The third-order valence-electron chi connectivity index (χ3n) is 2.56. The molecule has 0 radical (unpaired) electrons. The highest BCUT2D eigenvalue weighted by Crippen LogP contribution is 2.26. The Labute approximate surface area is 125 Å². The molecule has 116 valence electrons. The third-order valence-corrected chi connectivity index (χ3v) is 2.85. The van der Waals surface area contributed by atoms with E-state index in [1.165, 1.54) is 0 Å². The summed E-state index contributed by atoms with van der Waals surface area (Å²) in [5.74, 6) is -3.10. The Balaban J connectivity index is 2.79. The number of halogens is 3. The Kier molecular flexibility index (Phi) is 5.90. The van der Waals surface area contributed by atoms with Gasteiger partial charge in [0.05, 0.1) is 10.7 Å². The summed E-state index contributed by atoms with van der Waals surface area (Å²) in [6.45, 7) is 3.60. The van der Waals surface area contributed by atoms with Gasteiger partial charge in [-0.3, -0.25) is 0 Å². The van der Waals surface area contributed by atoms with Gasteiger partial charge in [0.1, 0.15) is 11.9 Å². The summed E-state index contributed by atoms with van der Waals surface area (Å²) in [5, 5.41) is 12.9. The number of carbonyl (C=O) groups is 2. The largest absolute Gasteiger partial charge is 0.480 e. The highest BCUT2D eigenvalue weighted by atomic mass is 35.5. The van der Waals surface area contributed by atoms with E-state index in [2.05, 4.69) is 10.6 Å². The van der Waals surface area contributed by atoms with Gasteiger partial charge in [0.2, 0.25) is 0 Å². The molecule has 0 fully saturated rings. The predicted molar refractivity (Wildman–Crippen MR) is 74.4 cm³/mol. The van der Waals surface area contributed by atoms with Crippen molar-refractivity contribution in [3.05, 3.63) is 28.8 Å². The highest BCUT2D eigenvalue weighted by Gasteiger charge is 2.22. The molecule has 1 aromatic rings. The van der Waals surface area contributed by atoms with Crippen molar-refractivity contribution in [2.75, 3.05) is 5.32 Å². The van der Waals surface area contributed by atoms with Crippen molar-refractivity contribution in [1.82, 2.24) is 5.32 Å². The van der Waals surface area contributed by atoms with Gasteiger partial charge in [-0.05, 0) is 18.4 Å². The summed E-state index contributed by atoms with van der Waals surface area (Å²) in [7, 11) is 0. The van der Waals surface area contributed by atoms with Crippen molar-refractivity contribution in [2.24, 2.45) is 5.92 Å². The van der Waals surface area contributed by atoms with E-state index in [4.69, 9.17) is 16.7 Å². The fourth-order valence-electron chi connectivity index (χ4n) is 1.66. The number of benzene rings is 1. The second kappa shape index (κ2) is 7.21. The minimum absolute atomic E-state index is 0.0394. The molecular formula is C13H15ClF2N2O3. The van der Waals surface area contributed by atoms with Crippen LogP contribution in [0.5, 0.6) is 0 Å². The molecule has 1 rings (SSSR count). The lowest BCUT2D eigenvalue weighted by molar-refractivity contribution is -0.139. The molecule has 0 heterocycles. The van der Waals surface area contributed by atoms with Crippen LogP contribution in [0.1, 0.15) is 20.3 Å². The summed E-state index contributed by atoms with van der Waals surface area (Å²) in [6, 6.07) is -0.657. The number of carboxylic acids is 1. The van der Waals surface area contributed by atoms with Crippen LogP contribution in [0.15, 0.2) is 12.1 Å². The Morgan fingerprint density at radius 2 is 1.95 bits per heavy atom. The number of urea groups is 1. The van der Waals surface area contributed by atoms with Gasteiger partial charge in [0, 0.05) is 6.07 Å². The fourth-order valence-corrected chi connectivity index (χ4v) is 1.90. The number of carboxylic acid groups (broad SMARTS) is 1. The highest BCUT2D eigenvalue weighted by molar-refractivity contribution is 6.33. The second-order valence-corrected chi connectivity index (χ2v) is 5.27. The maximum atomic E-state index is 13.5. The van der Waals surface area contributed by atoms with Crippen LogP contribution in [0, 0.1) is 17.6 Å². The van der Waals surface area contributed by atoms with Gasteiger partial charge in [-0.2, -0.15) is 0 Å². The van der Waals surface area contributed by atoms with Gasteiger partial charge in [0.15, 0.2) is 5.82 Å². The molecule has 0 aliphatic carbocycles. The number of nitrogens with one attached hydrogen (secondary N) is 2. The molecule has 1 aromatic carbocycles. The summed E-state index contributed by atoms with van der Waals surface area (Å²) < 4.78 is 26.4. The number of anilines is 1. The molecule has 21 heavy (non-hydrogen) atoms. The zero-order valence-electron chi connectivity index (χ0n) is 11.4. The van der Waals surface area contributed by atoms with Crippen LogP contribution in [0.3, 0.4) is 0 Å². The number of hydrogen-bond acceptors (Lipinski definition) is 2. The monoisotopic (exact) mass is 320 g/mol. The lowest BCUT2D eigenvalue weighted by atomic mass is 10.0. The van der Waals surface area contributed by atoms with E-state index in [9.17, 15) is 18.4 Å². The molecule has 0 aliphatic rings. The second-order valence-electron chi connectivity index (χ2n) is 4.86. The van der Waals surface area contributed by atoms with E-state index >= 15 is 0 Å². The lowest BCUT2D eigenvalue weighted by Crippen LogP contribution is -2.43. The van der Waals surface area contributed by atoms with Gasteiger partial charge in [0.25, 0.3) is 0 Å². The molecule has 0 bridgehead atoms. The number of carbonyl (C=O) groups excluding carboxylic acids is 1. The van der Waals surface area contributed by atoms with Crippen LogP contribution in [0.25, 0.3) is 0 Å². The van der Waals surface area contributed by atoms with Crippen LogP contribution >= 0.6 is 11.6 Å². The molecule has 2 amide bonds. The van der Waals surface area contributed by atoms with E-state index < -0.39 is 35.4 Å². The van der Waals surface area contributed by atoms with E-state index in [-0.39, 0.29) is 17.4 Å². The molecular weight excluding hydrogens is 306 g/mol. The molecule has 0 spiro atoms. The van der Waals surface area contributed by atoms with Crippen molar-refractivity contribution < 1.29 is 23.5 Å². The lowest BCUT2D eigenvalue weighted by Gasteiger charge is -2.17. The van der Waals surface area contributed by atoms with E-state index in [1.54, 1.807) is 13.8 Å². The average Bonchev–Trinajstić information content (AvgIpc) is 2.32. The maximum absolute atomic E-state index is 13.5. The van der Waals surface area contributed by atoms with Crippen LogP contribution in [-0.2, 0) is 4.79 Å². The number of aliphatic carboxylic acids is 1. The van der Waals surface area contributed by atoms with Gasteiger partial charge >= 0.3 is 12.0 Å². The topological polar surface area (TPSA) is 78.4 Å². The van der Waals surface area contributed by atoms with Gasteiger partial charge < -0.3 is 15.7 Å². The van der Waals surface area contributed by atoms with Gasteiger partial charge in [-0.1, -0.05) is 25.4 Å². The quantitative estimate of drug-likeness (QED) is 0.779. The third kappa shape index (κ3) is 5.18. The Hall–Kier alpha value is -1.89. The molecule has 8 heteroatoms. The molecule has 5 nitrogen and oxygen atoms in total. The predicted octanol–water partition coefficient (Wildman–Crippen LogP) is 3.24. The Bertz CT molecular complexity index is 529.